The molecule has 1 rings (SSSR count). The Hall–Kier alpha value is -1.58. The molecular weight excluding hydrogens is 197 g/mol. The molecule has 0 atom stereocenters. The Labute approximate surface area is 88.0 Å². The molecule has 1 aromatic carbocycles. The van der Waals surface area contributed by atoms with Crippen molar-refractivity contribution >= 4 is 11.7 Å². The number of ether oxygens (including phenoxy) is 1. The second-order valence-electron chi connectivity index (χ2n) is 4.21. The van der Waals surface area contributed by atoms with Crippen molar-refractivity contribution in [3.05, 3.63) is 29.6 Å². The highest BCUT2D eigenvalue weighted by Gasteiger charge is 2.22. The third kappa shape index (κ3) is 2.94. The number of esters is 1. The van der Waals surface area contributed by atoms with Crippen LogP contribution >= 0.6 is 0 Å². The number of hydrogen-bond acceptors (Lipinski definition) is 3. The first-order valence-corrected chi connectivity index (χ1v) is 4.58. The van der Waals surface area contributed by atoms with Crippen molar-refractivity contribution in [2.75, 3.05) is 5.73 Å². The third-order valence-electron chi connectivity index (χ3n) is 1.65. The lowest BCUT2D eigenvalue weighted by atomic mass is 10.1. The molecule has 0 aliphatic carbocycles. The van der Waals surface area contributed by atoms with E-state index < -0.39 is 17.4 Å². The van der Waals surface area contributed by atoms with Crippen molar-refractivity contribution in [2.45, 2.75) is 26.4 Å². The predicted octanol–water partition coefficient (Wildman–Crippen LogP) is 2.36. The van der Waals surface area contributed by atoms with E-state index in [1.54, 1.807) is 20.8 Å². The number of rotatable bonds is 1. The Bertz CT molecular complexity index is 362. The lowest BCUT2D eigenvalue weighted by Gasteiger charge is -2.20. The highest BCUT2D eigenvalue weighted by molar-refractivity contribution is 5.95. The summed E-state index contributed by atoms with van der Waals surface area (Å²) in [5, 5.41) is 0. The first kappa shape index (κ1) is 11.5. The van der Waals surface area contributed by atoms with Crippen LogP contribution in [0.25, 0.3) is 0 Å². The maximum Gasteiger partial charge on any atom is 0.343 e. The van der Waals surface area contributed by atoms with Gasteiger partial charge in [-0.2, -0.15) is 0 Å². The molecule has 2 N–H and O–H groups in total. The Balaban J connectivity index is 3.02. The Kier molecular flexibility index (Phi) is 2.98. The highest BCUT2D eigenvalue weighted by Crippen LogP contribution is 2.19. The molecular formula is C11H14FNO2. The Morgan fingerprint density at radius 3 is 2.47 bits per heavy atom. The summed E-state index contributed by atoms with van der Waals surface area (Å²) in [6.07, 6.45) is 0. The molecule has 82 valence electrons. The highest BCUT2D eigenvalue weighted by atomic mass is 19.1. The quantitative estimate of drug-likeness (QED) is 0.573. The van der Waals surface area contributed by atoms with Crippen LogP contribution in [0.2, 0.25) is 0 Å². The number of nitrogen functional groups attached to an aromatic ring is 1. The van der Waals surface area contributed by atoms with Crippen molar-refractivity contribution in [3.8, 4) is 0 Å². The molecule has 0 heterocycles. The molecule has 0 aromatic heterocycles. The fourth-order valence-corrected chi connectivity index (χ4v) is 1.09. The molecule has 0 fully saturated rings. The van der Waals surface area contributed by atoms with Crippen molar-refractivity contribution < 1.29 is 13.9 Å². The molecule has 4 heteroatoms. The van der Waals surface area contributed by atoms with Crippen molar-refractivity contribution in [1.82, 2.24) is 0 Å². The summed E-state index contributed by atoms with van der Waals surface area (Å²) in [4.78, 5) is 11.6. The van der Waals surface area contributed by atoms with E-state index in [0.717, 1.165) is 0 Å². The fourth-order valence-electron chi connectivity index (χ4n) is 1.09. The van der Waals surface area contributed by atoms with Gasteiger partial charge in [0.15, 0.2) is 0 Å². The standard InChI is InChI=1S/C11H14FNO2/c1-11(2,3)15-10(14)9-7(12)5-4-6-8(9)13/h4-6H,13H2,1-3H3. The molecule has 3 nitrogen and oxygen atoms in total. The molecule has 0 saturated heterocycles. The molecule has 0 aliphatic rings. The van der Waals surface area contributed by atoms with Crippen LogP contribution in [0.5, 0.6) is 0 Å². The van der Waals surface area contributed by atoms with Crippen LogP contribution in [0.15, 0.2) is 18.2 Å². The second-order valence-corrected chi connectivity index (χ2v) is 4.21. The van der Waals surface area contributed by atoms with E-state index in [4.69, 9.17) is 10.5 Å². The van der Waals surface area contributed by atoms with Gasteiger partial charge in [0.05, 0.1) is 0 Å². The smallest absolute Gasteiger partial charge is 0.343 e. The van der Waals surface area contributed by atoms with Crippen LogP contribution in [-0.4, -0.2) is 11.6 Å². The molecule has 0 saturated carbocycles. The van der Waals surface area contributed by atoms with Crippen LogP contribution in [0.3, 0.4) is 0 Å². The lowest BCUT2D eigenvalue weighted by Crippen LogP contribution is -2.25. The van der Waals surface area contributed by atoms with E-state index in [0.29, 0.717) is 0 Å². The minimum absolute atomic E-state index is 0.0873. The van der Waals surface area contributed by atoms with Gasteiger partial charge in [-0.15, -0.1) is 0 Å². The minimum atomic E-state index is -0.738. The van der Waals surface area contributed by atoms with Crippen LogP contribution in [0.1, 0.15) is 31.1 Å². The summed E-state index contributed by atoms with van der Waals surface area (Å²) in [5.74, 6) is -1.40. The Morgan fingerprint density at radius 1 is 1.40 bits per heavy atom. The maximum atomic E-state index is 13.3. The van der Waals surface area contributed by atoms with Gasteiger partial charge in [0.2, 0.25) is 0 Å². The van der Waals surface area contributed by atoms with Crippen LogP contribution in [0, 0.1) is 5.82 Å². The SMILES string of the molecule is CC(C)(C)OC(=O)c1c(N)cccc1F. The summed E-state index contributed by atoms with van der Waals surface area (Å²) in [7, 11) is 0. The fraction of sp³-hybridized carbons (Fsp3) is 0.364. The minimum Gasteiger partial charge on any atom is -0.456 e. The molecule has 15 heavy (non-hydrogen) atoms. The molecule has 0 spiro atoms. The van der Waals surface area contributed by atoms with Gasteiger partial charge >= 0.3 is 5.97 Å². The monoisotopic (exact) mass is 211 g/mol. The molecule has 0 bridgehead atoms. The van der Waals surface area contributed by atoms with Gasteiger partial charge in [0.1, 0.15) is 17.0 Å². The number of benzene rings is 1. The second kappa shape index (κ2) is 3.88. The zero-order valence-corrected chi connectivity index (χ0v) is 9.00. The molecule has 1 aromatic rings. The summed E-state index contributed by atoms with van der Waals surface area (Å²) in [6, 6.07) is 4.08. The normalized spacial score (nSPS) is 11.2. The van der Waals surface area contributed by atoms with Crippen LogP contribution in [-0.2, 0) is 4.74 Å². The number of carbonyl (C=O) groups is 1. The first-order valence-electron chi connectivity index (χ1n) is 4.58. The van der Waals surface area contributed by atoms with E-state index in [9.17, 15) is 9.18 Å². The van der Waals surface area contributed by atoms with Crippen molar-refractivity contribution in [3.63, 3.8) is 0 Å². The van der Waals surface area contributed by atoms with E-state index in [1.807, 2.05) is 0 Å². The summed E-state index contributed by atoms with van der Waals surface area (Å²) >= 11 is 0. The molecule has 0 unspecified atom stereocenters. The number of anilines is 1. The average molecular weight is 211 g/mol. The molecule has 0 aliphatic heterocycles. The van der Waals surface area contributed by atoms with E-state index in [2.05, 4.69) is 0 Å². The number of hydrogen-bond donors (Lipinski definition) is 1. The number of halogens is 1. The predicted molar refractivity (Wildman–Crippen MR) is 56.0 cm³/mol. The molecule has 0 amide bonds. The van der Waals surface area contributed by atoms with Crippen LogP contribution < -0.4 is 5.73 Å². The molecule has 0 radical (unpaired) electrons. The van der Waals surface area contributed by atoms with E-state index >= 15 is 0 Å². The summed E-state index contributed by atoms with van der Waals surface area (Å²) in [6.45, 7) is 5.13. The first-order chi connectivity index (χ1) is 6.81. The Morgan fingerprint density at radius 2 is 2.00 bits per heavy atom. The van der Waals surface area contributed by atoms with Gasteiger partial charge in [0, 0.05) is 5.69 Å². The van der Waals surface area contributed by atoms with E-state index in [-0.39, 0.29) is 11.3 Å². The third-order valence-corrected chi connectivity index (χ3v) is 1.65. The number of carbonyl (C=O) groups excluding carboxylic acids is 1. The topological polar surface area (TPSA) is 52.3 Å². The van der Waals surface area contributed by atoms with Gasteiger partial charge in [-0.3, -0.25) is 0 Å². The average Bonchev–Trinajstić information content (AvgIpc) is 1.99. The summed E-state index contributed by atoms with van der Waals surface area (Å²) in [5.41, 5.74) is 4.73. The van der Waals surface area contributed by atoms with Gasteiger partial charge in [-0.25, -0.2) is 9.18 Å². The van der Waals surface area contributed by atoms with Crippen LogP contribution in [0.4, 0.5) is 10.1 Å². The zero-order chi connectivity index (χ0) is 11.6. The van der Waals surface area contributed by atoms with Crippen molar-refractivity contribution in [1.29, 1.82) is 0 Å². The largest absolute Gasteiger partial charge is 0.456 e. The zero-order valence-electron chi connectivity index (χ0n) is 9.00. The van der Waals surface area contributed by atoms with Gasteiger partial charge in [0.25, 0.3) is 0 Å². The van der Waals surface area contributed by atoms with Crippen molar-refractivity contribution in [2.24, 2.45) is 0 Å². The number of nitrogens with two attached hydrogens (primary N) is 1. The van der Waals surface area contributed by atoms with Gasteiger partial charge in [-0.05, 0) is 32.9 Å². The van der Waals surface area contributed by atoms with E-state index in [1.165, 1.54) is 18.2 Å². The summed E-state index contributed by atoms with van der Waals surface area (Å²) < 4.78 is 18.3. The van der Waals surface area contributed by atoms with Gasteiger partial charge in [-0.1, -0.05) is 6.07 Å². The maximum absolute atomic E-state index is 13.3. The lowest BCUT2D eigenvalue weighted by molar-refractivity contribution is 0.00661. The van der Waals surface area contributed by atoms with Gasteiger partial charge < -0.3 is 10.5 Å².